The zero-order valence-corrected chi connectivity index (χ0v) is 18.2. The first kappa shape index (κ1) is 20.3. The molecule has 1 N–H and O–H groups in total. The number of para-hydroxylation sites is 1. The number of amides is 2. The number of carbonyl (C=O) groups excluding carboxylic acids is 1. The van der Waals surface area contributed by atoms with Crippen LogP contribution in [0.1, 0.15) is 28.4 Å². The lowest BCUT2D eigenvalue weighted by atomic mass is 10.0. The van der Waals surface area contributed by atoms with Crippen LogP contribution in [-0.4, -0.2) is 15.5 Å². The fourth-order valence-electron chi connectivity index (χ4n) is 4.20. The summed E-state index contributed by atoms with van der Waals surface area (Å²) in [4.78, 5) is 15.3. The van der Waals surface area contributed by atoms with Gasteiger partial charge in [-0.1, -0.05) is 48.0 Å². The van der Waals surface area contributed by atoms with Crippen molar-refractivity contribution < 1.29 is 9.18 Å². The van der Waals surface area contributed by atoms with Gasteiger partial charge in [0.05, 0.1) is 18.3 Å². The second kappa shape index (κ2) is 8.17. The maximum absolute atomic E-state index is 14.1. The van der Waals surface area contributed by atoms with Gasteiger partial charge in [0.2, 0.25) is 0 Å². The maximum Gasteiger partial charge on any atom is 0.322 e. The summed E-state index contributed by atoms with van der Waals surface area (Å²) < 4.78 is 16.2. The molecule has 0 saturated carbocycles. The van der Waals surface area contributed by atoms with Crippen molar-refractivity contribution in [1.29, 1.82) is 0 Å². The molecule has 6 heteroatoms. The Bertz CT molecular complexity index is 1300. The van der Waals surface area contributed by atoms with Crippen molar-refractivity contribution in [3.05, 3.63) is 118 Å². The van der Waals surface area contributed by atoms with Gasteiger partial charge in [-0.05, 0) is 66.1 Å². The molecule has 0 saturated heterocycles. The normalized spacial score (nSPS) is 15.0. The first-order valence-electron chi connectivity index (χ1n) is 10.4. The number of nitrogens with zero attached hydrogens (tertiary/aromatic N) is 2. The molecule has 3 aromatic carbocycles. The molecule has 160 valence electrons. The summed E-state index contributed by atoms with van der Waals surface area (Å²) in [6, 6.07) is 23.6. The number of nitrogens with one attached hydrogen (secondary N) is 1. The molecular weight excluding hydrogens is 425 g/mol. The van der Waals surface area contributed by atoms with Crippen LogP contribution in [0.4, 0.5) is 14.9 Å². The lowest BCUT2D eigenvalue weighted by Gasteiger charge is -2.31. The van der Waals surface area contributed by atoms with E-state index < -0.39 is 0 Å². The predicted octanol–water partition coefficient (Wildman–Crippen LogP) is 6.72. The number of hydrogen-bond donors (Lipinski definition) is 1. The number of anilines is 1. The second-order valence-electron chi connectivity index (χ2n) is 7.91. The predicted molar refractivity (Wildman–Crippen MR) is 125 cm³/mol. The zero-order valence-electron chi connectivity index (χ0n) is 17.4. The van der Waals surface area contributed by atoms with E-state index >= 15 is 0 Å². The van der Waals surface area contributed by atoms with Crippen molar-refractivity contribution in [2.45, 2.75) is 19.5 Å². The smallest absolute Gasteiger partial charge is 0.318 e. The van der Waals surface area contributed by atoms with Crippen LogP contribution < -0.4 is 5.32 Å². The van der Waals surface area contributed by atoms with Crippen LogP contribution in [0.3, 0.4) is 0 Å². The molecule has 0 fully saturated rings. The monoisotopic (exact) mass is 445 g/mol. The quantitative estimate of drug-likeness (QED) is 0.365. The second-order valence-corrected chi connectivity index (χ2v) is 8.34. The van der Waals surface area contributed by atoms with E-state index in [2.05, 4.69) is 16.0 Å². The Morgan fingerprint density at radius 1 is 1.03 bits per heavy atom. The number of carbonyl (C=O) groups is 1. The molecule has 0 radical (unpaired) electrons. The van der Waals surface area contributed by atoms with E-state index in [0.717, 1.165) is 22.5 Å². The van der Waals surface area contributed by atoms with E-state index in [1.165, 1.54) is 6.07 Å². The van der Waals surface area contributed by atoms with E-state index in [0.29, 0.717) is 22.8 Å². The van der Waals surface area contributed by atoms with Crippen LogP contribution >= 0.6 is 11.6 Å². The lowest BCUT2D eigenvalue weighted by Crippen LogP contribution is -2.37. The van der Waals surface area contributed by atoms with Gasteiger partial charge >= 0.3 is 6.03 Å². The van der Waals surface area contributed by atoms with E-state index in [1.807, 2.05) is 60.8 Å². The molecule has 4 aromatic rings. The van der Waals surface area contributed by atoms with Crippen molar-refractivity contribution in [3.63, 3.8) is 0 Å². The molecule has 4 nitrogen and oxygen atoms in total. The Labute approximate surface area is 190 Å². The van der Waals surface area contributed by atoms with Crippen molar-refractivity contribution in [1.82, 2.24) is 9.47 Å². The lowest BCUT2D eigenvalue weighted by molar-refractivity contribution is 0.194. The number of benzene rings is 3. The van der Waals surface area contributed by atoms with Crippen molar-refractivity contribution in [2.24, 2.45) is 0 Å². The van der Waals surface area contributed by atoms with Gasteiger partial charge < -0.3 is 14.8 Å². The molecule has 1 atom stereocenters. The highest BCUT2D eigenvalue weighted by atomic mass is 35.5. The molecule has 0 spiro atoms. The summed E-state index contributed by atoms with van der Waals surface area (Å²) in [6.45, 7) is 2.09. The summed E-state index contributed by atoms with van der Waals surface area (Å²) in [5.41, 5.74) is 4.90. The van der Waals surface area contributed by atoms with Crippen molar-refractivity contribution in [3.8, 4) is 5.69 Å². The topological polar surface area (TPSA) is 37.3 Å². The average molecular weight is 446 g/mol. The Morgan fingerprint density at radius 3 is 2.59 bits per heavy atom. The van der Waals surface area contributed by atoms with E-state index in [9.17, 15) is 9.18 Å². The maximum atomic E-state index is 14.1. The van der Waals surface area contributed by atoms with Gasteiger partial charge in [0, 0.05) is 22.6 Å². The van der Waals surface area contributed by atoms with Gasteiger partial charge in [0.1, 0.15) is 5.82 Å². The number of hydrogen-bond acceptors (Lipinski definition) is 1. The van der Waals surface area contributed by atoms with Gasteiger partial charge in [0.25, 0.3) is 0 Å². The third-order valence-corrected chi connectivity index (χ3v) is 6.09. The SMILES string of the molecule is Cc1ccc(NC(=O)N2Cc3ccccc3-n3cccc3C2c2ccc(Cl)cc2)cc1F. The van der Waals surface area contributed by atoms with Gasteiger partial charge in [0.15, 0.2) is 0 Å². The van der Waals surface area contributed by atoms with Crippen LogP contribution in [0.2, 0.25) is 5.02 Å². The zero-order chi connectivity index (χ0) is 22.2. The Balaban J connectivity index is 1.61. The molecule has 1 aliphatic heterocycles. The molecule has 0 aliphatic carbocycles. The van der Waals surface area contributed by atoms with Gasteiger partial charge in [-0.3, -0.25) is 0 Å². The third kappa shape index (κ3) is 3.65. The first-order chi connectivity index (χ1) is 15.5. The number of fused-ring (bicyclic) bond motifs is 3. The van der Waals surface area contributed by atoms with Crippen LogP contribution in [0.5, 0.6) is 0 Å². The minimum absolute atomic E-state index is 0.308. The van der Waals surface area contributed by atoms with Gasteiger partial charge in [-0.25, -0.2) is 9.18 Å². The molecular formula is C26H21ClFN3O. The highest BCUT2D eigenvalue weighted by Gasteiger charge is 2.33. The molecule has 1 aliphatic rings. The molecule has 5 rings (SSSR count). The number of aryl methyl sites for hydroxylation is 1. The van der Waals surface area contributed by atoms with Crippen molar-refractivity contribution >= 4 is 23.3 Å². The molecule has 2 amide bonds. The summed E-state index contributed by atoms with van der Waals surface area (Å²) in [7, 11) is 0. The van der Waals surface area contributed by atoms with Crippen molar-refractivity contribution in [2.75, 3.05) is 5.32 Å². The fraction of sp³-hybridized carbons (Fsp3) is 0.115. The van der Waals surface area contributed by atoms with Gasteiger partial charge in [-0.2, -0.15) is 0 Å². The number of urea groups is 1. The Kier molecular flexibility index (Phi) is 5.19. The summed E-state index contributed by atoms with van der Waals surface area (Å²) in [5, 5.41) is 3.52. The van der Waals surface area contributed by atoms with Crippen LogP contribution in [0.15, 0.2) is 85.1 Å². The highest BCUT2D eigenvalue weighted by molar-refractivity contribution is 6.30. The number of aromatic nitrogens is 1. The summed E-state index contributed by atoms with van der Waals surface area (Å²) in [6.07, 6.45) is 2.01. The molecule has 1 unspecified atom stereocenters. The molecule has 32 heavy (non-hydrogen) atoms. The van der Waals surface area contributed by atoms with Gasteiger partial charge in [-0.15, -0.1) is 0 Å². The minimum Gasteiger partial charge on any atom is -0.318 e. The Morgan fingerprint density at radius 2 is 1.81 bits per heavy atom. The number of rotatable bonds is 2. The molecule has 2 heterocycles. The average Bonchev–Trinajstić information content (AvgIpc) is 3.21. The largest absolute Gasteiger partial charge is 0.322 e. The van der Waals surface area contributed by atoms with Crippen LogP contribution in [0.25, 0.3) is 5.69 Å². The van der Waals surface area contributed by atoms with E-state index in [-0.39, 0.29) is 17.9 Å². The standard InChI is InChI=1S/C26H21ClFN3O/c1-17-8-13-21(15-22(17)28)29-26(32)31-16-19-5-2-3-6-23(19)30-14-4-7-24(30)25(31)18-9-11-20(27)12-10-18/h2-15,25H,16H2,1H3,(H,29,32). The highest BCUT2D eigenvalue weighted by Crippen LogP contribution is 2.37. The summed E-state index contributed by atoms with van der Waals surface area (Å²) in [5.74, 6) is -0.355. The fourth-order valence-corrected chi connectivity index (χ4v) is 4.33. The van der Waals surface area contributed by atoms with E-state index in [4.69, 9.17) is 11.6 Å². The summed E-state index contributed by atoms with van der Waals surface area (Å²) >= 11 is 6.14. The van der Waals surface area contributed by atoms with E-state index in [1.54, 1.807) is 24.0 Å². The Hall–Kier alpha value is -3.57. The molecule has 0 bridgehead atoms. The molecule has 1 aromatic heterocycles. The number of halogens is 2. The minimum atomic E-state index is -0.357. The third-order valence-electron chi connectivity index (χ3n) is 5.83. The van der Waals surface area contributed by atoms with Crippen LogP contribution in [0, 0.1) is 12.7 Å². The van der Waals surface area contributed by atoms with Crippen LogP contribution in [-0.2, 0) is 6.54 Å². The first-order valence-corrected chi connectivity index (χ1v) is 10.7.